The van der Waals surface area contributed by atoms with E-state index in [2.05, 4.69) is 0 Å². The van der Waals surface area contributed by atoms with E-state index in [-0.39, 0.29) is 24.9 Å². The number of halogens is 1. The molecular weight excluding hydrogens is 235 g/mol. The number of anilines is 1. The summed E-state index contributed by atoms with van der Waals surface area (Å²) in [5.41, 5.74) is -0.0553. The van der Waals surface area contributed by atoms with E-state index in [4.69, 9.17) is 10.00 Å². The minimum absolute atomic E-state index is 0.118. The summed E-state index contributed by atoms with van der Waals surface area (Å²) in [6.45, 7) is 1.86. The van der Waals surface area contributed by atoms with Crippen LogP contribution in [0.15, 0.2) is 18.2 Å². The van der Waals surface area contributed by atoms with Crippen LogP contribution in [-0.2, 0) is 9.53 Å². The van der Waals surface area contributed by atoms with Gasteiger partial charge < -0.3 is 9.64 Å². The summed E-state index contributed by atoms with van der Waals surface area (Å²) in [6, 6.07) is 6.41. The van der Waals surface area contributed by atoms with Crippen molar-refractivity contribution >= 4 is 11.6 Å². The maximum atomic E-state index is 13.2. The van der Waals surface area contributed by atoms with Crippen LogP contribution in [0.25, 0.3) is 0 Å². The number of amides is 1. The first kappa shape index (κ1) is 12.5. The molecule has 5 heteroatoms. The predicted molar refractivity (Wildman–Crippen MR) is 63.4 cm³/mol. The highest BCUT2D eigenvalue weighted by molar-refractivity contribution is 5.99. The number of carbonyl (C=O) groups excluding carboxylic acids is 1. The molecule has 18 heavy (non-hydrogen) atoms. The van der Waals surface area contributed by atoms with Gasteiger partial charge in [0.2, 0.25) is 0 Å². The summed E-state index contributed by atoms with van der Waals surface area (Å²) in [4.78, 5) is 13.6. The molecule has 0 unspecified atom stereocenters. The van der Waals surface area contributed by atoms with E-state index in [1.54, 1.807) is 20.0 Å². The normalized spacial score (nSPS) is 16.6. The van der Waals surface area contributed by atoms with Crippen molar-refractivity contribution in [2.75, 3.05) is 25.2 Å². The molecule has 1 aliphatic rings. The van der Waals surface area contributed by atoms with Gasteiger partial charge in [-0.05, 0) is 30.7 Å². The van der Waals surface area contributed by atoms with Crippen molar-refractivity contribution < 1.29 is 13.9 Å². The lowest BCUT2D eigenvalue weighted by Crippen LogP contribution is -2.53. The summed E-state index contributed by atoms with van der Waals surface area (Å²) in [6.07, 6.45) is 0. The monoisotopic (exact) mass is 248 g/mol. The Labute approximate surface area is 105 Å². The van der Waals surface area contributed by atoms with Crippen LogP contribution in [0.5, 0.6) is 0 Å². The van der Waals surface area contributed by atoms with Gasteiger partial charge >= 0.3 is 0 Å². The number of benzene rings is 1. The summed E-state index contributed by atoms with van der Waals surface area (Å²) < 4.78 is 18.1. The van der Waals surface area contributed by atoms with Gasteiger partial charge in [0.05, 0.1) is 19.3 Å². The number of hydrogen-bond acceptors (Lipinski definition) is 3. The summed E-state index contributed by atoms with van der Waals surface area (Å²) in [5.74, 6) is -0.635. The van der Waals surface area contributed by atoms with Gasteiger partial charge in [0, 0.05) is 12.7 Å². The SMILES string of the molecule is Cc1cc(N(C)C(=O)C2(C#N)COC2)ccc1F. The van der Waals surface area contributed by atoms with Crippen LogP contribution in [0.1, 0.15) is 5.56 Å². The number of aryl methyl sites for hydroxylation is 1. The molecule has 0 aliphatic carbocycles. The third kappa shape index (κ3) is 1.85. The zero-order valence-corrected chi connectivity index (χ0v) is 10.2. The molecule has 0 spiro atoms. The molecule has 1 aromatic carbocycles. The zero-order chi connectivity index (χ0) is 13.3. The van der Waals surface area contributed by atoms with E-state index < -0.39 is 5.41 Å². The number of ether oxygens (including phenoxy) is 1. The van der Waals surface area contributed by atoms with Gasteiger partial charge in [-0.25, -0.2) is 4.39 Å². The average molecular weight is 248 g/mol. The van der Waals surface area contributed by atoms with E-state index in [0.717, 1.165) is 0 Å². The predicted octanol–water partition coefficient (Wildman–Crippen LogP) is 1.64. The molecule has 1 heterocycles. The first-order chi connectivity index (χ1) is 8.50. The number of nitrogens with zero attached hydrogens (tertiary/aromatic N) is 2. The lowest BCUT2D eigenvalue weighted by Gasteiger charge is -2.36. The minimum Gasteiger partial charge on any atom is -0.377 e. The van der Waals surface area contributed by atoms with Crippen LogP contribution in [-0.4, -0.2) is 26.2 Å². The van der Waals surface area contributed by atoms with Crippen LogP contribution in [0, 0.1) is 29.5 Å². The number of hydrogen-bond donors (Lipinski definition) is 0. The molecule has 1 aliphatic heterocycles. The maximum Gasteiger partial charge on any atom is 0.252 e. The molecule has 0 N–H and O–H groups in total. The fourth-order valence-electron chi connectivity index (χ4n) is 1.82. The Bertz CT molecular complexity index is 532. The van der Waals surface area contributed by atoms with Crippen molar-refractivity contribution in [2.45, 2.75) is 6.92 Å². The van der Waals surface area contributed by atoms with Gasteiger partial charge in [0.1, 0.15) is 5.82 Å². The highest BCUT2D eigenvalue weighted by Gasteiger charge is 2.48. The first-order valence-electron chi connectivity index (χ1n) is 5.53. The molecule has 4 nitrogen and oxygen atoms in total. The van der Waals surface area contributed by atoms with Gasteiger partial charge in [-0.2, -0.15) is 5.26 Å². The van der Waals surface area contributed by atoms with Crippen LogP contribution in [0.4, 0.5) is 10.1 Å². The van der Waals surface area contributed by atoms with Gasteiger partial charge in [0.15, 0.2) is 5.41 Å². The standard InChI is InChI=1S/C13H13FN2O2/c1-9-5-10(3-4-11(9)14)16(2)12(17)13(6-15)7-18-8-13/h3-5H,7-8H2,1-2H3. The number of rotatable bonds is 2. The Hall–Kier alpha value is -1.93. The molecule has 0 bridgehead atoms. The molecule has 0 radical (unpaired) electrons. The third-order valence-electron chi connectivity index (χ3n) is 3.15. The Morgan fingerprint density at radius 2 is 2.22 bits per heavy atom. The van der Waals surface area contributed by atoms with Crippen molar-refractivity contribution in [1.82, 2.24) is 0 Å². The largest absolute Gasteiger partial charge is 0.377 e. The molecular formula is C13H13FN2O2. The van der Waals surface area contributed by atoms with E-state index >= 15 is 0 Å². The molecule has 94 valence electrons. The van der Waals surface area contributed by atoms with Crippen molar-refractivity contribution in [1.29, 1.82) is 5.26 Å². The van der Waals surface area contributed by atoms with E-state index in [1.807, 2.05) is 6.07 Å². The Morgan fingerprint density at radius 1 is 1.56 bits per heavy atom. The molecule has 1 saturated heterocycles. The van der Waals surface area contributed by atoms with Crippen LogP contribution in [0.3, 0.4) is 0 Å². The second-order valence-electron chi connectivity index (χ2n) is 4.48. The van der Waals surface area contributed by atoms with E-state index in [1.165, 1.54) is 17.0 Å². The smallest absolute Gasteiger partial charge is 0.252 e. The lowest BCUT2D eigenvalue weighted by molar-refractivity contribution is -0.146. The Kier molecular flexibility index (Phi) is 3.05. The van der Waals surface area contributed by atoms with E-state index in [9.17, 15) is 9.18 Å². The second kappa shape index (κ2) is 4.39. The number of carbonyl (C=O) groups is 1. The fraction of sp³-hybridized carbons (Fsp3) is 0.385. The van der Waals surface area contributed by atoms with Crippen molar-refractivity contribution in [2.24, 2.45) is 5.41 Å². The van der Waals surface area contributed by atoms with Crippen molar-refractivity contribution in [3.05, 3.63) is 29.6 Å². The van der Waals surface area contributed by atoms with Gasteiger partial charge in [-0.15, -0.1) is 0 Å². The number of nitriles is 1. The van der Waals surface area contributed by atoms with Crippen molar-refractivity contribution in [3.63, 3.8) is 0 Å². The third-order valence-corrected chi connectivity index (χ3v) is 3.15. The summed E-state index contributed by atoms with van der Waals surface area (Å²) in [5, 5.41) is 9.06. The van der Waals surface area contributed by atoms with Crippen molar-refractivity contribution in [3.8, 4) is 6.07 Å². The fourth-order valence-corrected chi connectivity index (χ4v) is 1.82. The summed E-state index contributed by atoms with van der Waals surface area (Å²) in [7, 11) is 1.58. The highest BCUT2D eigenvalue weighted by Crippen LogP contribution is 2.31. The van der Waals surface area contributed by atoms with Gasteiger partial charge in [-0.1, -0.05) is 0 Å². The molecule has 2 rings (SSSR count). The molecule has 1 amide bonds. The topological polar surface area (TPSA) is 53.3 Å². The Morgan fingerprint density at radius 3 is 2.67 bits per heavy atom. The minimum atomic E-state index is -1.09. The van der Waals surface area contributed by atoms with Crippen LogP contribution in [0.2, 0.25) is 0 Å². The average Bonchev–Trinajstić information content (AvgIpc) is 2.31. The zero-order valence-electron chi connectivity index (χ0n) is 10.2. The second-order valence-corrected chi connectivity index (χ2v) is 4.48. The quantitative estimate of drug-likeness (QED) is 0.799. The molecule has 1 aromatic rings. The van der Waals surface area contributed by atoms with Crippen LogP contribution >= 0.6 is 0 Å². The van der Waals surface area contributed by atoms with E-state index in [0.29, 0.717) is 11.3 Å². The van der Waals surface area contributed by atoms with Crippen LogP contribution < -0.4 is 4.90 Å². The summed E-state index contributed by atoms with van der Waals surface area (Å²) >= 11 is 0. The molecule has 0 aromatic heterocycles. The first-order valence-corrected chi connectivity index (χ1v) is 5.53. The molecule has 0 saturated carbocycles. The molecule has 0 atom stereocenters. The maximum absolute atomic E-state index is 13.2. The highest BCUT2D eigenvalue weighted by atomic mass is 19.1. The van der Waals surface area contributed by atoms with Gasteiger partial charge in [-0.3, -0.25) is 4.79 Å². The van der Waals surface area contributed by atoms with Gasteiger partial charge in [0.25, 0.3) is 5.91 Å². The Balaban J connectivity index is 2.26. The molecule has 1 fully saturated rings. The lowest BCUT2D eigenvalue weighted by atomic mass is 9.86.